The standard InChI is InChI=1S/C11H12N2O3/c1-7-5-3-4-6-9(7)12-11(15)10(13-16)8(2)14/h3-6,14H,1-2H3,(H,12,15)/b10-8+. The molecular formula is C11H12N2O3. The number of nitrogens with zero attached hydrogens (tertiary/aromatic N) is 1. The molecular weight excluding hydrogens is 208 g/mol. The van der Waals surface area contributed by atoms with Gasteiger partial charge in [0.15, 0.2) is 0 Å². The largest absolute Gasteiger partial charge is 0.510 e. The molecule has 1 rings (SSSR count). The predicted molar refractivity (Wildman–Crippen MR) is 60.9 cm³/mol. The third-order valence-corrected chi connectivity index (χ3v) is 2.04. The predicted octanol–water partition coefficient (Wildman–Crippen LogP) is 2.49. The van der Waals surface area contributed by atoms with E-state index in [2.05, 4.69) is 10.5 Å². The molecule has 5 heteroatoms. The van der Waals surface area contributed by atoms with Crippen LogP contribution in [0.2, 0.25) is 0 Å². The molecule has 0 aliphatic heterocycles. The summed E-state index contributed by atoms with van der Waals surface area (Å²) in [5.41, 5.74) is 0.926. The van der Waals surface area contributed by atoms with E-state index in [1.165, 1.54) is 6.92 Å². The Kier molecular flexibility index (Phi) is 3.77. The van der Waals surface area contributed by atoms with Crippen molar-refractivity contribution in [2.75, 3.05) is 5.32 Å². The molecule has 0 aliphatic carbocycles. The van der Waals surface area contributed by atoms with Gasteiger partial charge in [-0.1, -0.05) is 18.2 Å². The topological polar surface area (TPSA) is 78.8 Å². The molecule has 1 aromatic rings. The number of aliphatic hydroxyl groups excluding tert-OH is 1. The van der Waals surface area contributed by atoms with Crippen LogP contribution in [0, 0.1) is 11.8 Å². The Morgan fingerprint density at radius 3 is 2.50 bits per heavy atom. The Morgan fingerprint density at radius 1 is 1.38 bits per heavy atom. The summed E-state index contributed by atoms with van der Waals surface area (Å²) >= 11 is 0. The highest BCUT2D eigenvalue weighted by Gasteiger charge is 2.14. The minimum absolute atomic E-state index is 0.402. The molecule has 16 heavy (non-hydrogen) atoms. The minimum Gasteiger partial charge on any atom is -0.510 e. The number of nitrogens with one attached hydrogen (secondary N) is 1. The van der Waals surface area contributed by atoms with Gasteiger partial charge in [0.2, 0.25) is 5.70 Å². The second kappa shape index (κ2) is 5.06. The van der Waals surface area contributed by atoms with Gasteiger partial charge in [0.05, 0.1) is 0 Å². The van der Waals surface area contributed by atoms with Crippen LogP contribution in [0.5, 0.6) is 0 Å². The van der Waals surface area contributed by atoms with Gasteiger partial charge in [-0.2, -0.15) is 0 Å². The van der Waals surface area contributed by atoms with E-state index in [0.29, 0.717) is 5.69 Å². The number of nitroso groups, excluding NO2 is 1. The zero-order valence-electron chi connectivity index (χ0n) is 9.02. The van der Waals surface area contributed by atoms with Gasteiger partial charge in [-0.3, -0.25) is 4.79 Å². The fourth-order valence-electron chi connectivity index (χ4n) is 1.17. The van der Waals surface area contributed by atoms with Crippen LogP contribution in [0.15, 0.2) is 40.9 Å². The Morgan fingerprint density at radius 2 is 2.00 bits per heavy atom. The van der Waals surface area contributed by atoms with Crippen LogP contribution in [-0.2, 0) is 4.79 Å². The Hall–Kier alpha value is -2.17. The molecule has 84 valence electrons. The van der Waals surface area contributed by atoms with Crippen molar-refractivity contribution in [1.82, 2.24) is 0 Å². The zero-order chi connectivity index (χ0) is 12.1. The summed E-state index contributed by atoms with van der Waals surface area (Å²) in [6.07, 6.45) is 0. The van der Waals surface area contributed by atoms with Crippen molar-refractivity contribution in [3.63, 3.8) is 0 Å². The fourth-order valence-corrected chi connectivity index (χ4v) is 1.17. The molecule has 0 bridgehead atoms. The highest BCUT2D eigenvalue weighted by molar-refractivity contribution is 6.04. The molecule has 0 saturated heterocycles. The van der Waals surface area contributed by atoms with Gasteiger partial charge in [-0.25, -0.2) is 0 Å². The SMILES string of the molecule is C/C(O)=C(\N=O)C(=O)Nc1ccccc1C. The van der Waals surface area contributed by atoms with Gasteiger partial charge in [0.25, 0.3) is 5.91 Å². The average Bonchev–Trinajstić information content (AvgIpc) is 2.22. The maximum atomic E-state index is 11.5. The lowest BCUT2D eigenvalue weighted by molar-refractivity contribution is -0.113. The van der Waals surface area contributed by atoms with Crippen molar-refractivity contribution in [1.29, 1.82) is 0 Å². The number of carbonyl (C=O) groups is 1. The maximum Gasteiger partial charge on any atom is 0.281 e. The van der Waals surface area contributed by atoms with Gasteiger partial charge >= 0.3 is 0 Å². The van der Waals surface area contributed by atoms with Crippen molar-refractivity contribution < 1.29 is 9.90 Å². The first-order chi connectivity index (χ1) is 7.56. The van der Waals surface area contributed by atoms with Gasteiger partial charge in [0, 0.05) is 5.69 Å². The maximum absolute atomic E-state index is 11.5. The summed E-state index contributed by atoms with van der Waals surface area (Å²) in [5, 5.41) is 14.0. The fraction of sp³-hybridized carbons (Fsp3) is 0.182. The van der Waals surface area contributed by atoms with Crippen LogP contribution in [0.3, 0.4) is 0 Å². The van der Waals surface area contributed by atoms with Crippen LogP contribution in [0.4, 0.5) is 5.69 Å². The Balaban J connectivity index is 2.92. The molecule has 0 unspecified atom stereocenters. The number of anilines is 1. The number of rotatable bonds is 3. The number of para-hydroxylation sites is 1. The third-order valence-electron chi connectivity index (χ3n) is 2.04. The molecule has 0 aromatic heterocycles. The van der Waals surface area contributed by atoms with Crippen molar-refractivity contribution >= 4 is 11.6 Å². The first-order valence-electron chi connectivity index (χ1n) is 4.66. The molecule has 5 nitrogen and oxygen atoms in total. The number of aryl methyl sites for hydroxylation is 1. The van der Waals surface area contributed by atoms with E-state index >= 15 is 0 Å². The molecule has 0 aliphatic rings. The van der Waals surface area contributed by atoms with Gasteiger partial charge in [-0.15, -0.1) is 4.91 Å². The second-order valence-corrected chi connectivity index (χ2v) is 3.29. The van der Waals surface area contributed by atoms with E-state index in [4.69, 9.17) is 5.11 Å². The molecule has 0 saturated carbocycles. The summed E-state index contributed by atoms with van der Waals surface area (Å²) in [7, 11) is 0. The smallest absolute Gasteiger partial charge is 0.281 e. The summed E-state index contributed by atoms with van der Waals surface area (Å²) in [6, 6.07) is 7.10. The summed E-state index contributed by atoms with van der Waals surface area (Å²) in [4.78, 5) is 21.8. The number of allylic oxidation sites excluding steroid dienone is 1. The number of hydrogen-bond acceptors (Lipinski definition) is 4. The lowest BCUT2D eigenvalue weighted by Crippen LogP contribution is -2.15. The Bertz CT molecular complexity index is 448. The quantitative estimate of drug-likeness (QED) is 0.466. The minimum atomic E-state index is -0.718. The third kappa shape index (κ3) is 2.66. The van der Waals surface area contributed by atoms with Gasteiger partial charge in [-0.05, 0) is 30.7 Å². The summed E-state index contributed by atoms with van der Waals surface area (Å²) in [5.74, 6) is -1.12. The van der Waals surface area contributed by atoms with Gasteiger partial charge in [0.1, 0.15) is 5.76 Å². The number of aliphatic hydroxyl groups is 1. The first-order valence-corrected chi connectivity index (χ1v) is 4.66. The van der Waals surface area contributed by atoms with E-state index in [-0.39, 0.29) is 0 Å². The number of carbonyl (C=O) groups excluding carboxylic acids is 1. The van der Waals surface area contributed by atoms with E-state index in [1.807, 2.05) is 19.1 Å². The normalized spacial score (nSPS) is 11.6. The first kappa shape index (κ1) is 11.9. The number of amides is 1. The van der Waals surface area contributed by atoms with Crippen molar-refractivity contribution in [2.24, 2.45) is 5.18 Å². The molecule has 1 amide bonds. The van der Waals surface area contributed by atoms with Crippen molar-refractivity contribution in [2.45, 2.75) is 13.8 Å². The lowest BCUT2D eigenvalue weighted by atomic mass is 10.2. The van der Waals surface area contributed by atoms with Crippen LogP contribution in [-0.4, -0.2) is 11.0 Å². The number of benzene rings is 1. The van der Waals surface area contributed by atoms with E-state index in [1.54, 1.807) is 12.1 Å². The lowest BCUT2D eigenvalue weighted by Gasteiger charge is -2.07. The molecule has 0 radical (unpaired) electrons. The molecule has 1 aromatic carbocycles. The molecule has 0 fully saturated rings. The van der Waals surface area contributed by atoms with E-state index < -0.39 is 17.4 Å². The van der Waals surface area contributed by atoms with Crippen molar-refractivity contribution in [3.8, 4) is 0 Å². The monoisotopic (exact) mass is 220 g/mol. The number of hydrogen-bond donors (Lipinski definition) is 2. The van der Waals surface area contributed by atoms with Crippen LogP contribution >= 0.6 is 0 Å². The zero-order valence-corrected chi connectivity index (χ0v) is 9.02. The highest BCUT2D eigenvalue weighted by atomic mass is 16.3. The average molecular weight is 220 g/mol. The molecule has 0 heterocycles. The van der Waals surface area contributed by atoms with Crippen molar-refractivity contribution in [3.05, 3.63) is 46.2 Å². The van der Waals surface area contributed by atoms with E-state index in [9.17, 15) is 9.70 Å². The van der Waals surface area contributed by atoms with Crippen LogP contribution in [0.25, 0.3) is 0 Å². The van der Waals surface area contributed by atoms with Crippen LogP contribution in [0.1, 0.15) is 12.5 Å². The van der Waals surface area contributed by atoms with E-state index in [0.717, 1.165) is 5.56 Å². The summed E-state index contributed by atoms with van der Waals surface area (Å²) in [6.45, 7) is 3.05. The second-order valence-electron chi connectivity index (χ2n) is 3.29. The molecule has 0 spiro atoms. The van der Waals surface area contributed by atoms with Gasteiger partial charge < -0.3 is 10.4 Å². The van der Waals surface area contributed by atoms with Crippen LogP contribution < -0.4 is 5.32 Å². The molecule has 0 atom stereocenters. The summed E-state index contributed by atoms with van der Waals surface area (Å²) < 4.78 is 0. The molecule has 2 N–H and O–H groups in total. The highest BCUT2D eigenvalue weighted by Crippen LogP contribution is 2.15. The Labute approximate surface area is 92.8 Å².